The van der Waals surface area contributed by atoms with Gasteiger partial charge in [-0.25, -0.2) is 9.98 Å². The zero-order valence-corrected chi connectivity index (χ0v) is 15.5. The monoisotopic (exact) mass is 382 g/mol. The van der Waals surface area contributed by atoms with E-state index >= 15 is 0 Å². The number of carbonyl (C=O) groups excluding carboxylic acids is 3. The summed E-state index contributed by atoms with van der Waals surface area (Å²) >= 11 is 1.24. The number of dihydropyridines is 1. The first-order valence-corrected chi connectivity index (χ1v) is 9.32. The zero-order valence-electron chi connectivity index (χ0n) is 14.6. The van der Waals surface area contributed by atoms with Crippen LogP contribution in [0.4, 0.5) is 10.8 Å². The molecular formula is C19H18N4O3S. The first-order chi connectivity index (χ1) is 13.0. The Hall–Kier alpha value is -3.13. The van der Waals surface area contributed by atoms with Crippen LogP contribution in [0.2, 0.25) is 0 Å². The van der Waals surface area contributed by atoms with Gasteiger partial charge in [-0.2, -0.15) is 0 Å². The molecule has 0 bridgehead atoms. The molecule has 0 spiro atoms. The maximum Gasteiger partial charge on any atom is 0.269 e. The summed E-state index contributed by atoms with van der Waals surface area (Å²) in [6.45, 7) is 2.07. The first-order valence-electron chi connectivity index (χ1n) is 8.44. The molecule has 0 fully saturated rings. The molecule has 27 heavy (non-hydrogen) atoms. The van der Waals surface area contributed by atoms with Crippen LogP contribution in [-0.2, 0) is 27.2 Å². The Morgan fingerprint density at radius 1 is 1.19 bits per heavy atom. The highest BCUT2D eigenvalue weighted by Gasteiger charge is 2.18. The normalized spacial score (nSPS) is 15.6. The smallest absolute Gasteiger partial charge is 0.269 e. The van der Waals surface area contributed by atoms with E-state index in [9.17, 15) is 14.4 Å². The molecule has 1 aliphatic heterocycles. The third-order valence-electron chi connectivity index (χ3n) is 3.88. The predicted molar refractivity (Wildman–Crippen MR) is 105 cm³/mol. The van der Waals surface area contributed by atoms with E-state index in [0.717, 1.165) is 12.1 Å². The van der Waals surface area contributed by atoms with Crippen molar-refractivity contribution in [3.8, 4) is 0 Å². The third kappa shape index (κ3) is 5.18. The minimum Gasteiger partial charge on any atom is -0.326 e. The van der Waals surface area contributed by atoms with Crippen molar-refractivity contribution in [2.45, 2.75) is 19.8 Å². The lowest BCUT2D eigenvalue weighted by atomic mass is 10.1. The highest BCUT2D eigenvalue weighted by molar-refractivity contribution is 7.14. The fraction of sp³-hybridized carbons (Fsp3) is 0.211. The van der Waals surface area contributed by atoms with Crippen molar-refractivity contribution in [3.05, 3.63) is 53.1 Å². The van der Waals surface area contributed by atoms with E-state index in [4.69, 9.17) is 0 Å². The number of hydrogen-bond donors (Lipinski definition) is 2. The molecule has 7 nitrogen and oxygen atoms in total. The number of anilines is 2. The number of aryl methyl sites for hydroxylation is 1. The van der Waals surface area contributed by atoms with Crippen LogP contribution < -0.4 is 10.6 Å². The van der Waals surface area contributed by atoms with Gasteiger partial charge in [-0.1, -0.05) is 25.1 Å². The maximum absolute atomic E-state index is 12.2. The summed E-state index contributed by atoms with van der Waals surface area (Å²) in [5.74, 6) is -1.50. The van der Waals surface area contributed by atoms with Gasteiger partial charge in [0.25, 0.3) is 5.91 Å². The van der Waals surface area contributed by atoms with Crippen molar-refractivity contribution >= 4 is 46.1 Å². The average molecular weight is 382 g/mol. The summed E-state index contributed by atoms with van der Waals surface area (Å²) in [5.41, 5.74) is 2.51. The second-order valence-corrected chi connectivity index (χ2v) is 6.77. The summed E-state index contributed by atoms with van der Waals surface area (Å²) in [6.07, 6.45) is 5.09. The van der Waals surface area contributed by atoms with Crippen LogP contribution in [0, 0.1) is 5.92 Å². The quantitative estimate of drug-likeness (QED) is 0.802. The Morgan fingerprint density at radius 2 is 1.96 bits per heavy atom. The molecule has 0 aliphatic carbocycles. The number of rotatable bonds is 6. The van der Waals surface area contributed by atoms with Crippen molar-refractivity contribution in [3.63, 3.8) is 0 Å². The van der Waals surface area contributed by atoms with E-state index in [0.29, 0.717) is 10.8 Å². The maximum atomic E-state index is 12.2. The van der Waals surface area contributed by atoms with Gasteiger partial charge in [-0.05, 0) is 24.1 Å². The van der Waals surface area contributed by atoms with Gasteiger partial charge in [-0.15, -0.1) is 11.3 Å². The number of aromatic nitrogens is 1. The second-order valence-electron chi connectivity index (χ2n) is 5.91. The molecule has 1 aromatic heterocycles. The van der Waals surface area contributed by atoms with Gasteiger partial charge in [-0.3, -0.25) is 14.4 Å². The molecule has 2 aromatic rings. The Balaban J connectivity index is 1.53. The minimum atomic E-state index is -0.607. The fourth-order valence-electron chi connectivity index (χ4n) is 2.42. The standard InChI is InChI=1S/C19H18N4O3S/c1-2-12-3-6-14(7-4-12)21-17(25)9-15-11-27-19(22-15)23-18(26)13-5-8-16(24)20-10-13/h3-8,10-11,13H,2,9H2,1H3,(H,21,25)(H,22,23,26). The average Bonchev–Trinajstić information content (AvgIpc) is 3.09. The van der Waals surface area contributed by atoms with Crippen LogP contribution in [0.1, 0.15) is 18.2 Å². The predicted octanol–water partition coefficient (Wildman–Crippen LogP) is 2.61. The summed E-state index contributed by atoms with van der Waals surface area (Å²) in [5, 5.41) is 7.62. The van der Waals surface area contributed by atoms with Gasteiger partial charge < -0.3 is 10.6 Å². The molecule has 138 valence electrons. The van der Waals surface area contributed by atoms with Crippen LogP contribution in [0.5, 0.6) is 0 Å². The molecule has 0 radical (unpaired) electrons. The van der Waals surface area contributed by atoms with Crippen molar-refractivity contribution in [2.24, 2.45) is 10.9 Å². The van der Waals surface area contributed by atoms with Crippen LogP contribution in [0.3, 0.4) is 0 Å². The molecule has 1 unspecified atom stereocenters. The lowest BCUT2D eigenvalue weighted by molar-refractivity contribution is -0.117. The van der Waals surface area contributed by atoms with Gasteiger partial charge >= 0.3 is 0 Å². The van der Waals surface area contributed by atoms with Crippen molar-refractivity contribution in [1.82, 2.24) is 4.98 Å². The Bertz CT molecular complexity index is 899. The Morgan fingerprint density at radius 3 is 2.63 bits per heavy atom. The first kappa shape index (κ1) is 18.7. The number of nitrogens with one attached hydrogen (secondary N) is 2. The number of carbonyl (C=O) groups is 3. The van der Waals surface area contributed by atoms with Gasteiger partial charge in [0.2, 0.25) is 11.8 Å². The summed E-state index contributed by atoms with van der Waals surface area (Å²) in [4.78, 5) is 43.1. The largest absolute Gasteiger partial charge is 0.326 e. The molecule has 2 N–H and O–H groups in total. The van der Waals surface area contributed by atoms with E-state index in [1.165, 1.54) is 35.3 Å². The van der Waals surface area contributed by atoms with E-state index in [1.54, 1.807) is 5.38 Å². The minimum absolute atomic E-state index is 0.112. The van der Waals surface area contributed by atoms with Crippen molar-refractivity contribution in [2.75, 3.05) is 10.6 Å². The van der Waals surface area contributed by atoms with Crippen LogP contribution >= 0.6 is 11.3 Å². The number of aliphatic imine (C=N–C) groups is 1. The van der Waals surface area contributed by atoms with Crippen LogP contribution in [0.15, 0.2) is 46.8 Å². The molecule has 3 rings (SSSR count). The zero-order chi connectivity index (χ0) is 19.2. The summed E-state index contributed by atoms with van der Waals surface area (Å²) in [6, 6.07) is 7.69. The molecule has 0 saturated heterocycles. The number of amides is 3. The SMILES string of the molecule is CCc1ccc(NC(=O)Cc2csc(NC(=O)C3C=CC(=O)N=C3)n2)cc1. The lowest BCUT2D eigenvalue weighted by Gasteiger charge is -2.08. The summed E-state index contributed by atoms with van der Waals surface area (Å²) in [7, 11) is 0. The lowest BCUT2D eigenvalue weighted by Crippen LogP contribution is -2.24. The van der Waals surface area contributed by atoms with Gasteiger partial charge in [0.1, 0.15) is 0 Å². The second kappa shape index (κ2) is 8.50. The van der Waals surface area contributed by atoms with Gasteiger partial charge in [0, 0.05) is 23.4 Å². The molecule has 1 atom stereocenters. The molecule has 2 heterocycles. The van der Waals surface area contributed by atoms with E-state index in [2.05, 4.69) is 27.5 Å². The Kier molecular flexibility index (Phi) is 5.87. The van der Waals surface area contributed by atoms with Crippen LogP contribution in [-0.4, -0.2) is 28.9 Å². The Labute approximate surface area is 160 Å². The van der Waals surface area contributed by atoms with Crippen molar-refractivity contribution < 1.29 is 14.4 Å². The highest BCUT2D eigenvalue weighted by Crippen LogP contribution is 2.18. The van der Waals surface area contributed by atoms with Gasteiger partial charge in [0.05, 0.1) is 18.0 Å². The molecule has 1 aliphatic rings. The number of nitrogens with zero attached hydrogens (tertiary/aromatic N) is 2. The van der Waals surface area contributed by atoms with E-state index in [-0.39, 0.29) is 24.1 Å². The number of benzene rings is 1. The molecule has 0 saturated carbocycles. The van der Waals surface area contributed by atoms with Crippen molar-refractivity contribution in [1.29, 1.82) is 0 Å². The fourth-order valence-corrected chi connectivity index (χ4v) is 3.13. The number of hydrogen-bond acceptors (Lipinski definition) is 5. The molecule has 3 amide bonds. The molecule has 1 aromatic carbocycles. The third-order valence-corrected chi connectivity index (χ3v) is 4.69. The van der Waals surface area contributed by atoms with E-state index in [1.807, 2.05) is 24.3 Å². The van der Waals surface area contributed by atoms with E-state index < -0.39 is 5.92 Å². The molecular weight excluding hydrogens is 364 g/mol. The number of thiazole rings is 1. The van der Waals surface area contributed by atoms with Crippen LogP contribution in [0.25, 0.3) is 0 Å². The molecule has 8 heteroatoms. The summed E-state index contributed by atoms with van der Waals surface area (Å²) < 4.78 is 0. The topological polar surface area (TPSA) is 101 Å². The van der Waals surface area contributed by atoms with Gasteiger partial charge in [0.15, 0.2) is 5.13 Å². The highest BCUT2D eigenvalue weighted by atomic mass is 32.1.